The molecule has 146 valence electrons. The summed E-state index contributed by atoms with van der Waals surface area (Å²) in [6.45, 7) is 3.31. The largest absolute Gasteiger partial charge is 0.334 e. The number of amides is 2. The van der Waals surface area contributed by atoms with Crippen LogP contribution in [0.4, 0.5) is 10.6 Å². The molecule has 1 atom stereocenters. The third-order valence-corrected chi connectivity index (χ3v) is 5.39. The van der Waals surface area contributed by atoms with Crippen LogP contribution < -0.4 is 4.90 Å². The van der Waals surface area contributed by atoms with E-state index in [9.17, 15) is 4.79 Å². The summed E-state index contributed by atoms with van der Waals surface area (Å²) in [4.78, 5) is 29.9. The van der Waals surface area contributed by atoms with Crippen molar-refractivity contribution in [1.29, 1.82) is 0 Å². The Kier molecular flexibility index (Phi) is 4.39. The van der Waals surface area contributed by atoms with Crippen molar-refractivity contribution < 1.29 is 4.79 Å². The molecule has 1 N–H and O–H groups in total. The van der Waals surface area contributed by atoms with Gasteiger partial charge in [0.15, 0.2) is 11.7 Å². The number of hydrogen-bond donors (Lipinski definition) is 1. The average Bonchev–Trinajstić information content (AvgIpc) is 3.37. The smallest absolute Gasteiger partial charge is 0.331 e. The second-order valence-corrected chi connectivity index (χ2v) is 7.49. The van der Waals surface area contributed by atoms with E-state index in [0.29, 0.717) is 24.7 Å². The van der Waals surface area contributed by atoms with Gasteiger partial charge >= 0.3 is 6.03 Å². The van der Waals surface area contributed by atoms with E-state index in [-0.39, 0.29) is 12.1 Å². The van der Waals surface area contributed by atoms with Crippen LogP contribution in [0.15, 0.2) is 65.7 Å². The maximum absolute atomic E-state index is 13.2. The molecule has 0 saturated heterocycles. The van der Waals surface area contributed by atoms with Crippen LogP contribution in [-0.2, 0) is 6.42 Å². The molecule has 1 aromatic heterocycles. The monoisotopic (exact) mass is 385 g/mol. The molecular formula is C23H23N5O. The molecule has 2 amide bonds. The minimum atomic E-state index is -0.0280. The van der Waals surface area contributed by atoms with E-state index in [2.05, 4.69) is 24.0 Å². The molecule has 3 heterocycles. The first-order valence-electron chi connectivity index (χ1n) is 10.1. The van der Waals surface area contributed by atoms with Crippen molar-refractivity contribution in [2.45, 2.75) is 25.8 Å². The first-order chi connectivity index (χ1) is 14.2. The molecule has 0 unspecified atom stereocenters. The van der Waals surface area contributed by atoms with Crippen molar-refractivity contribution in [1.82, 2.24) is 14.9 Å². The van der Waals surface area contributed by atoms with Crippen LogP contribution in [0.3, 0.4) is 0 Å². The number of fused-ring (bicyclic) bond motifs is 3. The Morgan fingerprint density at radius 3 is 2.52 bits per heavy atom. The molecule has 0 aliphatic carbocycles. The van der Waals surface area contributed by atoms with Crippen LogP contribution in [0, 0.1) is 0 Å². The zero-order valence-corrected chi connectivity index (χ0v) is 16.4. The zero-order chi connectivity index (χ0) is 19.8. The molecule has 0 fully saturated rings. The molecule has 0 saturated carbocycles. The quantitative estimate of drug-likeness (QED) is 0.719. The average molecular weight is 385 g/mol. The fourth-order valence-corrected chi connectivity index (χ4v) is 4.05. The molecule has 2 aromatic carbocycles. The number of aromatic nitrogens is 2. The van der Waals surface area contributed by atoms with Crippen molar-refractivity contribution >= 4 is 17.7 Å². The van der Waals surface area contributed by atoms with E-state index >= 15 is 0 Å². The van der Waals surface area contributed by atoms with Gasteiger partial charge in [-0.1, -0.05) is 67.6 Å². The SMILES string of the molecule is CCCN1C(=O)N2C[C@@H](Cc3ccccc3)N=C2c2[nH]c(-c3ccccc3)nc21. The van der Waals surface area contributed by atoms with Crippen LogP contribution >= 0.6 is 0 Å². The number of carbonyl (C=O) groups is 1. The summed E-state index contributed by atoms with van der Waals surface area (Å²) >= 11 is 0. The van der Waals surface area contributed by atoms with E-state index < -0.39 is 0 Å². The number of rotatable bonds is 5. The Morgan fingerprint density at radius 1 is 1.07 bits per heavy atom. The normalized spacial score (nSPS) is 17.9. The maximum Gasteiger partial charge on any atom is 0.331 e. The third kappa shape index (κ3) is 3.10. The predicted octanol–water partition coefficient (Wildman–Crippen LogP) is 4.10. The standard InChI is InChI=1S/C23H23N5O/c1-2-13-27-22-19(25-20(26-22)17-11-7-4-8-12-17)21-24-18(15-28(21)23(27)29)14-16-9-5-3-6-10-16/h3-12,18H,2,13-15H2,1H3,(H,25,26)/t18-/m1/s1. The molecular weight excluding hydrogens is 362 g/mol. The summed E-state index contributed by atoms with van der Waals surface area (Å²) in [5, 5.41) is 0. The number of hydrogen-bond acceptors (Lipinski definition) is 3. The Hall–Kier alpha value is -3.41. The highest BCUT2D eigenvalue weighted by atomic mass is 16.2. The molecule has 3 aromatic rings. The third-order valence-electron chi connectivity index (χ3n) is 5.39. The maximum atomic E-state index is 13.2. The van der Waals surface area contributed by atoms with Crippen molar-refractivity contribution in [3.05, 3.63) is 71.9 Å². The fraction of sp³-hybridized carbons (Fsp3) is 0.261. The molecule has 2 aliphatic heterocycles. The number of benzene rings is 2. The summed E-state index contributed by atoms with van der Waals surface area (Å²) in [7, 11) is 0. The van der Waals surface area contributed by atoms with Gasteiger partial charge in [0, 0.05) is 12.1 Å². The number of H-pyrrole nitrogens is 1. The van der Waals surface area contributed by atoms with Crippen LogP contribution in [0.25, 0.3) is 11.4 Å². The number of anilines is 1. The van der Waals surface area contributed by atoms with Crippen molar-refractivity contribution in [3.63, 3.8) is 0 Å². The lowest BCUT2D eigenvalue weighted by Gasteiger charge is -2.32. The molecule has 2 aliphatic rings. The van der Waals surface area contributed by atoms with Gasteiger partial charge in [-0.15, -0.1) is 0 Å². The number of aliphatic imine (C=N–C) groups is 1. The Bertz CT molecular complexity index is 1060. The topological polar surface area (TPSA) is 64.6 Å². The van der Waals surface area contributed by atoms with Gasteiger partial charge in [0.2, 0.25) is 0 Å². The number of aromatic amines is 1. The summed E-state index contributed by atoms with van der Waals surface area (Å²) in [5.41, 5.74) is 3.07. The summed E-state index contributed by atoms with van der Waals surface area (Å²) in [6, 6.07) is 20.3. The second kappa shape index (κ2) is 7.20. The number of imidazole rings is 1. The second-order valence-electron chi connectivity index (χ2n) is 7.49. The number of carbonyl (C=O) groups excluding carboxylic acids is 1. The van der Waals surface area contributed by atoms with E-state index in [1.54, 1.807) is 9.80 Å². The van der Waals surface area contributed by atoms with Gasteiger partial charge in [0.05, 0.1) is 12.6 Å². The molecule has 0 bridgehead atoms. The Balaban J connectivity index is 1.54. The van der Waals surface area contributed by atoms with E-state index in [1.807, 2.05) is 48.5 Å². The summed E-state index contributed by atoms with van der Waals surface area (Å²) < 4.78 is 0. The summed E-state index contributed by atoms with van der Waals surface area (Å²) in [6.07, 6.45) is 1.68. The molecule has 6 nitrogen and oxygen atoms in total. The van der Waals surface area contributed by atoms with Crippen LogP contribution in [-0.4, -0.2) is 45.9 Å². The number of nitrogens with one attached hydrogen (secondary N) is 1. The van der Waals surface area contributed by atoms with Crippen molar-refractivity contribution in [2.75, 3.05) is 18.0 Å². The number of urea groups is 1. The molecule has 29 heavy (non-hydrogen) atoms. The lowest BCUT2D eigenvalue weighted by molar-refractivity contribution is 0.226. The zero-order valence-electron chi connectivity index (χ0n) is 16.4. The highest BCUT2D eigenvalue weighted by molar-refractivity contribution is 6.18. The van der Waals surface area contributed by atoms with Gasteiger partial charge in [-0.2, -0.15) is 0 Å². The van der Waals surface area contributed by atoms with Gasteiger partial charge in [-0.25, -0.2) is 9.78 Å². The number of amidine groups is 1. The number of nitrogens with zero attached hydrogens (tertiary/aromatic N) is 4. The predicted molar refractivity (Wildman–Crippen MR) is 114 cm³/mol. The van der Waals surface area contributed by atoms with Gasteiger partial charge < -0.3 is 4.98 Å². The first kappa shape index (κ1) is 17.7. The van der Waals surface area contributed by atoms with Crippen molar-refractivity contribution in [3.8, 4) is 11.4 Å². The Labute approximate surface area is 169 Å². The van der Waals surface area contributed by atoms with E-state index in [4.69, 9.17) is 9.98 Å². The first-order valence-corrected chi connectivity index (χ1v) is 10.1. The highest BCUT2D eigenvalue weighted by Gasteiger charge is 2.42. The van der Waals surface area contributed by atoms with Crippen LogP contribution in [0.2, 0.25) is 0 Å². The minimum absolute atomic E-state index is 0.0280. The van der Waals surface area contributed by atoms with Crippen molar-refractivity contribution in [2.24, 2.45) is 4.99 Å². The van der Waals surface area contributed by atoms with Gasteiger partial charge in [-0.3, -0.25) is 14.8 Å². The minimum Gasteiger partial charge on any atom is -0.334 e. The Morgan fingerprint density at radius 2 is 1.79 bits per heavy atom. The van der Waals surface area contributed by atoms with E-state index in [0.717, 1.165) is 29.9 Å². The van der Waals surface area contributed by atoms with Gasteiger partial charge in [-0.05, 0) is 18.4 Å². The lowest BCUT2D eigenvalue weighted by atomic mass is 10.1. The van der Waals surface area contributed by atoms with Gasteiger partial charge in [0.1, 0.15) is 11.5 Å². The fourth-order valence-electron chi connectivity index (χ4n) is 4.05. The molecule has 5 rings (SSSR count). The summed E-state index contributed by atoms with van der Waals surface area (Å²) in [5.74, 6) is 2.17. The molecule has 0 radical (unpaired) electrons. The van der Waals surface area contributed by atoms with Crippen LogP contribution in [0.1, 0.15) is 24.6 Å². The highest BCUT2D eigenvalue weighted by Crippen LogP contribution is 2.33. The van der Waals surface area contributed by atoms with Crippen LogP contribution in [0.5, 0.6) is 0 Å². The lowest BCUT2D eigenvalue weighted by Crippen LogP contribution is -2.50. The molecule has 0 spiro atoms. The van der Waals surface area contributed by atoms with Gasteiger partial charge in [0.25, 0.3) is 0 Å². The van der Waals surface area contributed by atoms with E-state index in [1.165, 1.54) is 5.56 Å². The molecule has 6 heteroatoms.